The number of nitrogens with zero attached hydrogens (tertiary/aromatic N) is 1. The minimum Gasteiger partial charge on any atom is -0.396 e. The number of halogens is 1. The SMILES string of the molecule is OCCCN(CCO)CC(O)c1ccc(F)cc1. The van der Waals surface area contributed by atoms with Gasteiger partial charge in [0.05, 0.1) is 12.7 Å². The van der Waals surface area contributed by atoms with E-state index in [1.54, 1.807) is 12.1 Å². The summed E-state index contributed by atoms with van der Waals surface area (Å²) in [4.78, 5) is 1.87. The second-order valence-electron chi connectivity index (χ2n) is 4.17. The molecule has 0 aliphatic carbocycles. The fourth-order valence-electron chi connectivity index (χ4n) is 1.77. The van der Waals surface area contributed by atoms with Gasteiger partial charge in [-0.3, -0.25) is 4.90 Å². The van der Waals surface area contributed by atoms with Crippen LogP contribution in [-0.4, -0.2) is 53.1 Å². The summed E-state index contributed by atoms with van der Waals surface area (Å²) in [6.07, 6.45) is -0.133. The molecule has 0 heterocycles. The molecule has 0 spiro atoms. The average Bonchev–Trinajstić information content (AvgIpc) is 2.37. The zero-order valence-corrected chi connectivity index (χ0v) is 10.3. The number of rotatable bonds is 8. The van der Waals surface area contributed by atoms with E-state index in [0.717, 1.165) is 0 Å². The summed E-state index contributed by atoms with van der Waals surface area (Å²) in [7, 11) is 0. The van der Waals surface area contributed by atoms with Crippen molar-refractivity contribution in [1.82, 2.24) is 4.90 Å². The molecule has 0 saturated carbocycles. The molecule has 0 aromatic heterocycles. The molecule has 0 saturated heterocycles. The summed E-state index contributed by atoms with van der Waals surface area (Å²) in [5, 5.41) is 27.7. The fourth-order valence-corrected chi connectivity index (χ4v) is 1.77. The molecular formula is C13H20FNO3. The molecular weight excluding hydrogens is 237 g/mol. The van der Waals surface area contributed by atoms with E-state index >= 15 is 0 Å². The van der Waals surface area contributed by atoms with Gasteiger partial charge in [-0.05, 0) is 24.1 Å². The van der Waals surface area contributed by atoms with Gasteiger partial charge in [-0.15, -0.1) is 0 Å². The monoisotopic (exact) mass is 257 g/mol. The van der Waals surface area contributed by atoms with E-state index in [0.29, 0.717) is 31.6 Å². The molecule has 0 aliphatic heterocycles. The molecule has 4 nitrogen and oxygen atoms in total. The van der Waals surface area contributed by atoms with Crippen LogP contribution in [0, 0.1) is 5.82 Å². The fraction of sp³-hybridized carbons (Fsp3) is 0.538. The van der Waals surface area contributed by atoms with Gasteiger partial charge in [-0.2, -0.15) is 0 Å². The second-order valence-corrected chi connectivity index (χ2v) is 4.17. The first-order valence-corrected chi connectivity index (χ1v) is 6.05. The molecule has 0 aliphatic rings. The zero-order valence-electron chi connectivity index (χ0n) is 10.3. The van der Waals surface area contributed by atoms with E-state index in [1.165, 1.54) is 12.1 Å². The molecule has 1 aromatic rings. The third-order valence-corrected chi connectivity index (χ3v) is 2.73. The number of aliphatic hydroxyl groups excluding tert-OH is 3. The average molecular weight is 257 g/mol. The maximum atomic E-state index is 12.7. The van der Waals surface area contributed by atoms with Crippen molar-refractivity contribution in [2.45, 2.75) is 12.5 Å². The molecule has 1 rings (SSSR count). The Morgan fingerprint density at radius 2 is 1.72 bits per heavy atom. The highest BCUT2D eigenvalue weighted by atomic mass is 19.1. The quantitative estimate of drug-likeness (QED) is 0.636. The van der Waals surface area contributed by atoms with Gasteiger partial charge in [0.25, 0.3) is 0 Å². The van der Waals surface area contributed by atoms with Crippen LogP contribution < -0.4 is 0 Å². The summed E-state index contributed by atoms with van der Waals surface area (Å²) in [5.41, 5.74) is 0.642. The molecule has 102 valence electrons. The van der Waals surface area contributed by atoms with Gasteiger partial charge < -0.3 is 15.3 Å². The molecule has 5 heteroatoms. The largest absolute Gasteiger partial charge is 0.396 e. The molecule has 0 bridgehead atoms. The Morgan fingerprint density at radius 3 is 2.28 bits per heavy atom. The van der Waals surface area contributed by atoms with Crippen LogP contribution in [0.5, 0.6) is 0 Å². The summed E-state index contributed by atoms with van der Waals surface area (Å²) in [6.45, 7) is 1.48. The highest BCUT2D eigenvalue weighted by molar-refractivity contribution is 5.18. The lowest BCUT2D eigenvalue weighted by Gasteiger charge is -2.24. The Bertz CT molecular complexity index is 332. The van der Waals surface area contributed by atoms with Crippen molar-refractivity contribution in [3.8, 4) is 0 Å². The van der Waals surface area contributed by atoms with Crippen molar-refractivity contribution >= 4 is 0 Å². The van der Waals surface area contributed by atoms with Crippen molar-refractivity contribution < 1.29 is 19.7 Å². The van der Waals surface area contributed by atoms with Crippen molar-refractivity contribution in [1.29, 1.82) is 0 Å². The zero-order chi connectivity index (χ0) is 13.4. The van der Waals surface area contributed by atoms with E-state index < -0.39 is 6.10 Å². The summed E-state index contributed by atoms with van der Waals surface area (Å²) < 4.78 is 12.7. The predicted molar refractivity (Wildman–Crippen MR) is 66.6 cm³/mol. The third-order valence-electron chi connectivity index (χ3n) is 2.73. The minimum absolute atomic E-state index is 0.00155. The lowest BCUT2D eigenvalue weighted by molar-refractivity contribution is 0.0950. The molecule has 0 amide bonds. The van der Waals surface area contributed by atoms with E-state index in [-0.39, 0.29) is 19.0 Å². The van der Waals surface area contributed by atoms with E-state index in [1.807, 2.05) is 4.90 Å². The van der Waals surface area contributed by atoms with Crippen LogP contribution in [0.4, 0.5) is 4.39 Å². The number of aliphatic hydroxyl groups is 3. The Kier molecular flexibility index (Phi) is 6.82. The van der Waals surface area contributed by atoms with Gasteiger partial charge in [0.1, 0.15) is 5.82 Å². The lowest BCUT2D eigenvalue weighted by atomic mass is 10.1. The van der Waals surface area contributed by atoms with Gasteiger partial charge in [-0.1, -0.05) is 12.1 Å². The molecule has 18 heavy (non-hydrogen) atoms. The van der Waals surface area contributed by atoms with Crippen LogP contribution in [0.3, 0.4) is 0 Å². The minimum atomic E-state index is -0.726. The van der Waals surface area contributed by atoms with E-state index in [2.05, 4.69) is 0 Å². The van der Waals surface area contributed by atoms with Gasteiger partial charge in [0, 0.05) is 26.2 Å². The van der Waals surface area contributed by atoms with Crippen molar-refractivity contribution in [2.75, 3.05) is 32.8 Å². The predicted octanol–water partition coefficient (Wildman–Crippen LogP) is 0.536. The number of hydrogen-bond acceptors (Lipinski definition) is 4. The van der Waals surface area contributed by atoms with E-state index in [4.69, 9.17) is 10.2 Å². The van der Waals surface area contributed by atoms with Crippen LogP contribution in [0.25, 0.3) is 0 Å². The first-order valence-electron chi connectivity index (χ1n) is 6.05. The van der Waals surface area contributed by atoms with Gasteiger partial charge in [0.15, 0.2) is 0 Å². The molecule has 3 N–H and O–H groups in total. The topological polar surface area (TPSA) is 63.9 Å². The number of benzene rings is 1. The highest BCUT2D eigenvalue weighted by Crippen LogP contribution is 2.14. The Morgan fingerprint density at radius 1 is 1.06 bits per heavy atom. The first kappa shape index (κ1) is 15.0. The smallest absolute Gasteiger partial charge is 0.123 e. The second kappa shape index (κ2) is 8.16. The molecule has 0 fully saturated rings. The molecule has 0 radical (unpaired) electrons. The van der Waals surface area contributed by atoms with E-state index in [9.17, 15) is 9.50 Å². The molecule has 1 atom stereocenters. The van der Waals surface area contributed by atoms with Crippen LogP contribution in [0.15, 0.2) is 24.3 Å². The standard InChI is InChI=1S/C13H20FNO3/c14-12-4-2-11(3-5-12)13(18)10-15(7-9-17)6-1-8-16/h2-5,13,16-18H,1,6-10H2. The van der Waals surface area contributed by atoms with Crippen molar-refractivity contribution in [3.05, 3.63) is 35.6 Å². The summed E-state index contributed by atoms with van der Waals surface area (Å²) in [5.74, 6) is -0.335. The summed E-state index contributed by atoms with van der Waals surface area (Å²) in [6, 6.07) is 5.71. The molecule has 1 aromatic carbocycles. The number of hydrogen-bond donors (Lipinski definition) is 3. The lowest BCUT2D eigenvalue weighted by Crippen LogP contribution is -2.32. The van der Waals surface area contributed by atoms with Crippen molar-refractivity contribution in [3.63, 3.8) is 0 Å². The van der Waals surface area contributed by atoms with Gasteiger partial charge >= 0.3 is 0 Å². The van der Waals surface area contributed by atoms with Crippen LogP contribution in [-0.2, 0) is 0 Å². The Labute approximate surface area is 106 Å². The Hall–Kier alpha value is -1.01. The maximum absolute atomic E-state index is 12.7. The molecule has 1 unspecified atom stereocenters. The maximum Gasteiger partial charge on any atom is 0.123 e. The van der Waals surface area contributed by atoms with Gasteiger partial charge in [-0.25, -0.2) is 4.39 Å². The summed E-state index contributed by atoms with van der Waals surface area (Å²) >= 11 is 0. The Balaban J connectivity index is 2.53. The van der Waals surface area contributed by atoms with Crippen LogP contribution >= 0.6 is 0 Å². The van der Waals surface area contributed by atoms with Crippen LogP contribution in [0.1, 0.15) is 18.1 Å². The normalized spacial score (nSPS) is 12.9. The third kappa shape index (κ3) is 5.10. The highest BCUT2D eigenvalue weighted by Gasteiger charge is 2.13. The van der Waals surface area contributed by atoms with Gasteiger partial charge in [0.2, 0.25) is 0 Å². The first-order chi connectivity index (χ1) is 8.67. The van der Waals surface area contributed by atoms with Crippen molar-refractivity contribution in [2.24, 2.45) is 0 Å². The van der Waals surface area contributed by atoms with Crippen LogP contribution in [0.2, 0.25) is 0 Å².